The van der Waals surface area contributed by atoms with E-state index in [2.05, 4.69) is 4.72 Å². The number of hydrogen-bond donors (Lipinski definition) is 1. The van der Waals surface area contributed by atoms with Gasteiger partial charge in [0.1, 0.15) is 6.04 Å². The fraction of sp³-hybridized carbons (Fsp3) is 0.562. The third-order valence-electron chi connectivity index (χ3n) is 3.06. The standard InChI is InChI=1S/C16H25NO3S/c1-6-20-15(18)14(17-21(19)16(3,4)5)11-13-10-8-7-9-12(13)2/h7-10,14,17H,6,11H2,1-5H3/t14-,21?/m1/s1. The Kier molecular flexibility index (Phi) is 6.55. The lowest BCUT2D eigenvalue weighted by Crippen LogP contribution is -2.46. The smallest absolute Gasteiger partial charge is 0.324 e. The van der Waals surface area contributed by atoms with E-state index in [0.29, 0.717) is 13.0 Å². The molecule has 0 spiro atoms. The summed E-state index contributed by atoms with van der Waals surface area (Å²) < 4.78 is 19.8. The number of aryl methyl sites for hydroxylation is 1. The summed E-state index contributed by atoms with van der Waals surface area (Å²) in [5, 5.41) is 0. The summed E-state index contributed by atoms with van der Waals surface area (Å²) >= 11 is 0. The van der Waals surface area contributed by atoms with Gasteiger partial charge >= 0.3 is 5.97 Å². The van der Waals surface area contributed by atoms with Crippen LogP contribution in [0, 0.1) is 6.92 Å². The Bertz CT molecular complexity index is 508. The summed E-state index contributed by atoms with van der Waals surface area (Å²) in [6.45, 7) is 9.68. The molecule has 21 heavy (non-hydrogen) atoms. The van der Waals surface area contributed by atoms with E-state index in [9.17, 15) is 9.00 Å². The summed E-state index contributed by atoms with van der Waals surface area (Å²) in [7, 11) is -1.32. The number of hydrogen-bond acceptors (Lipinski definition) is 3. The highest BCUT2D eigenvalue weighted by atomic mass is 32.2. The number of esters is 1. The highest BCUT2D eigenvalue weighted by Gasteiger charge is 2.28. The number of rotatable bonds is 6. The quantitative estimate of drug-likeness (QED) is 0.821. The van der Waals surface area contributed by atoms with Crippen molar-refractivity contribution in [3.05, 3.63) is 35.4 Å². The minimum Gasteiger partial charge on any atom is -0.465 e. The maximum Gasteiger partial charge on any atom is 0.324 e. The summed E-state index contributed by atoms with van der Waals surface area (Å²) in [6.07, 6.45) is 0.466. The molecule has 0 bridgehead atoms. The van der Waals surface area contributed by atoms with Crippen molar-refractivity contribution >= 4 is 17.0 Å². The van der Waals surface area contributed by atoms with Gasteiger partial charge in [-0.15, -0.1) is 0 Å². The molecule has 0 amide bonds. The molecule has 0 saturated carbocycles. The van der Waals surface area contributed by atoms with Crippen LogP contribution in [0.3, 0.4) is 0 Å². The van der Waals surface area contributed by atoms with E-state index in [4.69, 9.17) is 4.74 Å². The molecule has 0 aromatic heterocycles. The maximum atomic E-state index is 12.3. The predicted octanol–water partition coefficient (Wildman–Crippen LogP) is 2.52. The molecule has 0 aliphatic heterocycles. The average molecular weight is 311 g/mol. The topological polar surface area (TPSA) is 55.4 Å². The molecular weight excluding hydrogens is 286 g/mol. The van der Waals surface area contributed by atoms with Crippen LogP contribution in [0.5, 0.6) is 0 Å². The van der Waals surface area contributed by atoms with Gasteiger partial charge in [-0.3, -0.25) is 4.79 Å². The molecule has 0 fully saturated rings. The van der Waals surface area contributed by atoms with Gasteiger partial charge in [0.2, 0.25) is 0 Å². The Labute approximate surface area is 129 Å². The first-order chi connectivity index (χ1) is 9.75. The summed E-state index contributed by atoms with van der Waals surface area (Å²) in [5.41, 5.74) is 2.16. The van der Waals surface area contributed by atoms with E-state index in [1.807, 2.05) is 52.0 Å². The Balaban J connectivity index is 2.90. The Hall–Kier alpha value is -1.20. The first-order valence-electron chi connectivity index (χ1n) is 7.15. The van der Waals surface area contributed by atoms with Crippen molar-refractivity contribution in [2.45, 2.75) is 51.8 Å². The van der Waals surface area contributed by atoms with Crippen LogP contribution in [0.4, 0.5) is 0 Å². The van der Waals surface area contributed by atoms with Crippen molar-refractivity contribution < 1.29 is 13.7 Å². The summed E-state index contributed by atoms with van der Waals surface area (Å²) in [6, 6.07) is 7.26. The summed E-state index contributed by atoms with van der Waals surface area (Å²) in [5.74, 6) is -0.363. The highest BCUT2D eigenvalue weighted by Crippen LogP contribution is 2.14. The van der Waals surface area contributed by atoms with Gasteiger partial charge in [0, 0.05) is 0 Å². The van der Waals surface area contributed by atoms with Crippen molar-refractivity contribution in [2.24, 2.45) is 0 Å². The lowest BCUT2D eigenvalue weighted by molar-refractivity contribution is -0.145. The minimum atomic E-state index is -1.32. The van der Waals surface area contributed by atoms with Gasteiger partial charge in [-0.05, 0) is 52.2 Å². The van der Waals surface area contributed by atoms with E-state index in [1.165, 1.54) is 0 Å². The molecule has 0 aliphatic rings. The monoisotopic (exact) mass is 311 g/mol. The third-order valence-corrected chi connectivity index (χ3v) is 4.67. The van der Waals surface area contributed by atoms with Crippen molar-refractivity contribution in [1.82, 2.24) is 4.72 Å². The molecule has 1 unspecified atom stereocenters. The fourth-order valence-electron chi connectivity index (χ4n) is 1.78. The number of benzene rings is 1. The Morgan fingerprint density at radius 3 is 2.48 bits per heavy atom. The number of carbonyl (C=O) groups excluding carboxylic acids is 1. The molecule has 118 valence electrons. The van der Waals surface area contributed by atoms with E-state index in [1.54, 1.807) is 6.92 Å². The minimum absolute atomic E-state index is 0.312. The van der Waals surface area contributed by atoms with Crippen LogP contribution in [-0.4, -0.2) is 27.6 Å². The fourth-order valence-corrected chi connectivity index (χ4v) is 2.57. The largest absolute Gasteiger partial charge is 0.465 e. The van der Waals surface area contributed by atoms with Crippen LogP contribution in [0.1, 0.15) is 38.8 Å². The van der Waals surface area contributed by atoms with E-state index in [-0.39, 0.29) is 5.97 Å². The maximum absolute atomic E-state index is 12.3. The molecule has 2 atom stereocenters. The second-order valence-electron chi connectivity index (χ2n) is 5.93. The Morgan fingerprint density at radius 1 is 1.33 bits per heavy atom. The van der Waals surface area contributed by atoms with Crippen molar-refractivity contribution in [1.29, 1.82) is 0 Å². The molecule has 1 aromatic rings. The van der Waals surface area contributed by atoms with Crippen LogP contribution < -0.4 is 4.72 Å². The average Bonchev–Trinajstić information content (AvgIpc) is 2.39. The van der Waals surface area contributed by atoms with Crippen LogP contribution in [-0.2, 0) is 26.9 Å². The van der Waals surface area contributed by atoms with Crippen molar-refractivity contribution in [3.8, 4) is 0 Å². The molecule has 0 aliphatic carbocycles. The van der Waals surface area contributed by atoms with E-state index in [0.717, 1.165) is 11.1 Å². The van der Waals surface area contributed by atoms with Crippen LogP contribution in [0.25, 0.3) is 0 Å². The molecule has 0 radical (unpaired) electrons. The van der Waals surface area contributed by atoms with Gasteiger partial charge in [0.15, 0.2) is 0 Å². The molecule has 5 heteroatoms. The second kappa shape index (κ2) is 7.71. The number of nitrogens with one attached hydrogen (secondary N) is 1. The zero-order valence-electron chi connectivity index (χ0n) is 13.4. The molecule has 1 rings (SSSR count). The van der Waals surface area contributed by atoms with Gasteiger partial charge in [-0.25, -0.2) is 8.93 Å². The Morgan fingerprint density at radius 2 is 1.95 bits per heavy atom. The van der Waals surface area contributed by atoms with Crippen LogP contribution in [0.2, 0.25) is 0 Å². The molecule has 0 saturated heterocycles. The number of ether oxygens (including phenoxy) is 1. The first kappa shape index (κ1) is 17.9. The zero-order chi connectivity index (χ0) is 16.0. The second-order valence-corrected chi connectivity index (χ2v) is 7.93. The van der Waals surface area contributed by atoms with Crippen molar-refractivity contribution in [3.63, 3.8) is 0 Å². The van der Waals surface area contributed by atoms with Gasteiger partial charge in [0.05, 0.1) is 22.3 Å². The summed E-state index contributed by atoms with van der Waals surface area (Å²) in [4.78, 5) is 12.1. The first-order valence-corrected chi connectivity index (χ1v) is 8.30. The van der Waals surface area contributed by atoms with Gasteiger partial charge in [-0.2, -0.15) is 0 Å². The molecule has 0 heterocycles. The predicted molar refractivity (Wildman–Crippen MR) is 86.3 cm³/mol. The van der Waals surface area contributed by atoms with Crippen LogP contribution in [0.15, 0.2) is 24.3 Å². The van der Waals surface area contributed by atoms with E-state index < -0.39 is 21.8 Å². The zero-order valence-corrected chi connectivity index (χ0v) is 14.3. The van der Waals surface area contributed by atoms with Gasteiger partial charge in [0.25, 0.3) is 0 Å². The van der Waals surface area contributed by atoms with Crippen molar-refractivity contribution in [2.75, 3.05) is 6.61 Å². The molecule has 4 nitrogen and oxygen atoms in total. The lowest BCUT2D eigenvalue weighted by atomic mass is 10.0. The molecule has 1 N–H and O–H groups in total. The SMILES string of the molecule is CCOC(=O)[C@@H](Cc1ccccc1C)NS(=O)C(C)(C)C. The van der Waals surface area contributed by atoms with Gasteiger partial charge in [-0.1, -0.05) is 24.3 Å². The van der Waals surface area contributed by atoms with Crippen LogP contribution >= 0.6 is 0 Å². The van der Waals surface area contributed by atoms with Gasteiger partial charge < -0.3 is 4.74 Å². The van der Waals surface area contributed by atoms with E-state index >= 15 is 0 Å². The normalized spacial score (nSPS) is 14.5. The third kappa shape index (κ3) is 5.59. The molecule has 1 aromatic carbocycles. The highest BCUT2D eigenvalue weighted by molar-refractivity contribution is 7.84. The molecular formula is C16H25NO3S. The lowest BCUT2D eigenvalue weighted by Gasteiger charge is -2.23. The number of carbonyl (C=O) groups is 1.